The molecule has 0 unspecified atom stereocenters. The number of aryl methyl sites for hydroxylation is 1. The summed E-state index contributed by atoms with van der Waals surface area (Å²) in [5, 5.41) is 2.54. The Morgan fingerprint density at radius 1 is 1.36 bits per heavy atom. The van der Waals surface area contributed by atoms with E-state index < -0.39 is 16.7 Å². The first-order valence-electron chi connectivity index (χ1n) is 4.50. The summed E-state index contributed by atoms with van der Waals surface area (Å²) in [6.45, 7) is 1.57. The van der Waals surface area contributed by atoms with Crippen molar-refractivity contribution in [3.8, 4) is 0 Å². The highest BCUT2D eigenvalue weighted by atomic mass is 35.5. The summed E-state index contributed by atoms with van der Waals surface area (Å²) in [5.41, 5.74) is 0.663. The van der Waals surface area contributed by atoms with Crippen molar-refractivity contribution in [3.63, 3.8) is 0 Å². The maximum Gasteiger partial charge on any atom is 0.167 e. The molecule has 14 heavy (non-hydrogen) atoms. The van der Waals surface area contributed by atoms with Crippen LogP contribution in [-0.2, 0) is 0 Å². The van der Waals surface area contributed by atoms with Gasteiger partial charge in [-0.1, -0.05) is 11.6 Å². The van der Waals surface area contributed by atoms with Gasteiger partial charge >= 0.3 is 0 Å². The summed E-state index contributed by atoms with van der Waals surface area (Å²) in [7, 11) is 0. The Balaban J connectivity index is 2.38. The predicted molar refractivity (Wildman–Crippen MR) is 52.7 cm³/mol. The molecule has 1 aromatic rings. The number of halogens is 3. The predicted octanol–water partition coefficient (Wildman–Crippen LogP) is 3.50. The number of benzene rings is 1. The molecule has 0 bridgehead atoms. The van der Waals surface area contributed by atoms with Crippen LogP contribution in [0, 0.1) is 18.6 Å². The van der Waals surface area contributed by atoms with Gasteiger partial charge in [-0.3, -0.25) is 0 Å². The van der Waals surface area contributed by atoms with E-state index in [9.17, 15) is 8.78 Å². The van der Waals surface area contributed by atoms with Crippen LogP contribution in [0.2, 0.25) is 5.02 Å². The molecule has 0 saturated heterocycles. The van der Waals surface area contributed by atoms with Gasteiger partial charge in [0, 0.05) is 6.04 Å². The largest absolute Gasteiger partial charge is 0.380 e. The first-order valence-corrected chi connectivity index (χ1v) is 4.88. The van der Waals surface area contributed by atoms with Crippen LogP contribution in [0.4, 0.5) is 14.5 Å². The van der Waals surface area contributed by atoms with Crippen molar-refractivity contribution < 1.29 is 8.78 Å². The van der Waals surface area contributed by atoms with Crippen LogP contribution >= 0.6 is 11.6 Å². The summed E-state index contributed by atoms with van der Waals surface area (Å²) in [6, 6.07) is 1.78. The molecule has 0 atom stereocenters. The van der Waals surface area contributed by atoms with Crippen LogP contribution in [-0.4, -0.2) is 6.04 Å². The van der Waals surface area contributed by atoms with Crippen LogP contribution in [0.1, 0.15) is 18.4 Å². The Labute approximate surface area is 86.1 Å². The number of hydrogen-bond donors (Lipinski definition) is 1. The summed E-state index contributed by atoms with van der Waals surface area (Å²) in [5.74, 6) is -1.37. The van der Waals surface area contributed by atoms with Gasteiger partial charge in [0.05, 0.1) is 5.69 Å². The third-order valence-electron chi connectivity index (χ3n) is 2.27. The van der Waals surface area contributed by atoms with E-state index in [-0.39, 0.29) is 0 Å². The molecule has 1 saturated carbocycles. The maximum atomic E-state index is 13.4. The van der Waals surface area contributed by atoms with Gasteiger partial charge in [0.15, 0.2) is 5.82 Å². The lowest BCUT2D eigenvalue weighted by molar-refractivity contribution is 0.580. The normalized spacial score (nSPS) is 15.7. The van der Waals surface area contributed by atoms with Gasteiger partial charge < -0.3 is 5.32 Å². The van der Waals surface area contributed by atoms with Crippen molar-refractivity contribution in [1.29, 1.82) is 0 Å². The van der Waals surface area contributed by atoms with Crippen molar-refractivity contribution in [1.82, 2.24) is 0 Å². The van der Waals surface area contributed by atoms with Crippen molar-refractivity contribution in [2.45, 2.75) is 25.8 Å². The van der Waals surface area contributed by atoms with Gasteiger partial charge in [0.1, 0.15) is 10.8 Å². The van der Waals surface area contributed by atoms with E-state index in [0.29, 0.717) is 17.3 Å². The van der Waals surface area contributed by atoms with Crippen molar-refractivity contribution in [2.24, 2.45) is 0 Å². The SMILES string of the molecule is Cc1cc(NC2CC2)c(F)c(Cl)c1F. The first-order chi connectivity index (χ1) is 6.59. The third kappa shape index (κ3) is 1.69. The van der Waals surface area contributed by atoms with Crippen LogP contribution in [0.25, 0.3) is 0 Å². The summed E-state index contributed by atoms with van der Waals surface area (Å²) in [4.78, 5) is 0. The zero-order chi connectivity index (χ0) is 10.3. The lowest BCUT2D eigenvalue weighted by atomic mass is 10.2. The van der Waals surface area contributed by atoms with Gasteiger partial charge in [0.25, 0.3) is 0 Å². The summed E-state index contributed by atoms with van der Waals surface area (Å²) >= 11 is 5.50. The highest BCUT2D eigenvalue weighted by molar-refractivity contribution is 6.31. The number of nitrogens with one attached hydrogen (secondary N) is 1. The van der Waals surface area contributed by atoms with Gasteiger partial charge in [-0.2, -0.15) is 0 Å². The highest BCUT2D eigenvalue weighted by Gasteiger charge is 2.24. The van der Waals surface area contributed by atoms with E-state index in [1.165, 1.54) is 6.07 Å². The second-order valence-electron chi connectivity index (χ2n) is 3.60. The number of rotatable bonds is 2. The lowest BCUT2D eigenvalue weighted by Crippen LogP contribution is -2.05. The minimum absolute atomic E-state index is 0.302. The van der Waals surface area contributed by atoms with Gasteiger partial charge in [-0.25, -0.2) is 8.78 Å². The molecular formula is C10H10ClF2N. The average Bonchev–Trinajstić information content (AvgIpc) is 2.94. The van der Waals surface area contributed by atoms with Gasteiger partial charge in [-0.15, -0.1) is 0 Å². The fourth-order valence-corrected chi connectivity index (χ4v) is 1.53. The van der Waals surface area contributed by atoms with Crippen LogP contribution in [0.15, 0.2) is 6.07 Å². The monoisotopic (exact) mass is 217 g/mol. The fourth-order valence-electron chi connectivity index (χ4n) is 1.28. The highest BCUT2D eigenvalue weighted by Crippen LogP contribution is 2.32. The topological polar surface area (TPSA) is 12.0 Å². The minimum atomic E-state index is -0.693. The molecule has 1 aliphatic rings. The fraction of sp³-hybridized carbons (Fsp3) is 0.400. The molecule has 0 aliphatic heterocycles. The maximum absolute atomic E-state index is 13.4. The van der Waals surface area contributed by atoms with E-state index in [0.717, 1.165) is 12.8 Å². The summed E-state index contributed by atoms with van der Waals surface area (Å²) in [6.07, 6.45) is 2.07. The molecule has 0 spiro atoms. The molecule has 0 aromatic heterocycles. The molecule has 0 amide bonds. The quantitative estimate of drug-likeness (QED) is 0.748. The van der Waals surface area contributed by atoms with Crippen LogP contribution in [0.5, 0.6) is 0 Å². The number of hydrogen-bond acceptors (Lipinski definition) is 1. The lowest BCUT2D eigenvalue weighted by Gasteiger charge is -2.09. The molecular weight excluding hydrogens is 208 g/mol. The van der Waals surface area contributed by atoms with Crippen molar-refractivity contribution in [2.75, 3.05) is 5.32 Å². The Bertz CT molecular complexity index is 375. The smallest absolute Gasteiger partial charge is 0.167 e. The second kappa shape index (κ2) is 3.39. The average molecular weight is 218 g/mol. The van der Waals surface area contributed by atoms with Gasteiger partial charge in [-0.05, 0) is 31.4 Å². The Morgan fingerprint density at radius 3 is 2.57 bits per heavy atom. The summed E-state index contributed by atoms with van der Waals surface area (Å²) < 4.78 is 26.5. The van der Waals surface area contributed by atoms with Crippen LogP contribution in [0.3, 0.4) is 0 Å². The minimum Gasteiger partial charge on any atom is -0.380 e. The van der Waals surface area contributed by atoms with E-state index in [1.807, 2.05) is 0 Å². The molecule has 1 aliphatic carbocycles. The Hall–Kier alpha value is -0.830. The van der Waals surface area contributed by atoms with E-state index in [1.54, 1.807) is 6.92 Å². The zero-order valence-electron chi connectivity index (χ0n) is 7.70. The molecule has 4 heteroatoms. The molecule has 1 fully saturated rings. The van der Waals surface area contributed by atoms with E-state index >= 15 is 0 Å². The molecule has 2 rings (SSSR count). The molecule has 0 radical (unpaired) electrons. The van der Waals surface area contributed by atoms with Crippen LogP contribution < -0.4 is 5.32 Å². The molecule has 1 aromatic carbocycles. The zero-order valence-corrected chi connectivity index (χ0v) is 8.46. The van der Waals surface area contributed by atoms with Crippen molar-refractivity contribution in [3.05, 3.63) is 28.3 Å². The van der Waals surface area contributed by atoms with Crippen molar-refractivity contribution >= 4 is 17.3 Å². The molecule has 76 valence electrons. The molecule has 0 heterocycles. The first kappa shape index (κ1) is 9.71. The second-order valence-corrected chi connectivity index (χ2v) is 3.98. The third-order valence-corrected chi connectivity index (χ3v) is 2.60. The van der Waals surface area contributed by atoms with Gasteiger partial charge in [0.2, 0.25) is 0 Å². The standard InChI is InChI=1S/C10H10ClF2N/c1-5-4-7(14-6-2-3-6)10(13)8(11)9(5)12/h4,6,14H,2-3H2,1H3. The Kier molecular flexibility index (Phi) is 2.35. The molecule has 1 N–H and O–H groups in total. The number of anilines is 1. The Morgan fingerprint density at radius 2 is 2.00 bits per heavy atom. The van der Waals surface area contributed by atoms with E-state index in [2.05, 4.69) is 5.32 Å². The molecule has 1 nitrogen and oxygen atoms in total. The van der Waals surface area contributed by atoms with E-state index in [4.69, 9.17) is 11.6 Å².